The number of hydrogen-bond donors (Lipinski definition) is 0. The first-order valence-electron chi connectivity index (χ1n) is 18.5. The van der Waals surface area contributed by atoms with Crippen molar-refractivity contribution in [3.63, 3.8) is 0 Å². The van der Waals surface area contributed by atoms with E-state index in [0.717, 1.165) is 93.9 Å². The zero-order chi connectivity index (χ0) is 38.6. The number of para-hydroxylation sites is 2. The van der Waals surface area contributed by atoms with Crippen LogP contribution >= 0.6 is 0 Å². The second-order valence-electron chi connectivity index (χ2n) is 14.1. The molecule has 1 aliphatic carbocycles. The summed E-state index contributed by atoms with van der Waals surface area (Å²) in [5, 5.41) is 47.0. The summed E-state index contributed by atoms with van der Waals surface area (Å²) in [5.74, 6) is 0. The minimum absolute atomic E-state index is 0.401. The van der Waals surface area contributed by atoms with E-state index in [9.17, 15) is 21.0 Å². The van der Waals surface area contributed by atoms with Crippen LogP contribution in [0, 0.1) is 45.3 Å². The maximum Gasteiger partial charge on any atom is 0.0998 e. The predicted molar refractivity (Wildman–Crippen MR) is 228 cm³/mol. The summed E-state index contributed by atoms with van der Waals surface area (Å²) < 4.78 is 0. The van der Waals surface area contributed by atoms with Crippen molar-refractivity contribution in [3.8, 4) is 68.8 Å². The molecule has 57 heavy (non-hydrogen) atoms. The number of benzene rings is 9. The van der Waals surface area contributed by atoms with E-state index < -0.39 is 0 Å². The first kappa shape index (κ1) is 33.1. The van der Waals surface area contributed by atoms with Gasteiger partial charge in [-0.15, -0.1) is 0 Å². The summed E-state index contributed by atoms with van der Waals surface area (Å²) in [4.78, 5) is 2.28. The Balaban J connectivity index is 1.41. The number of anilines is 3. The predicted octanol–water partition coefficient (Wildman–Crippen LogP) is 13.1. The van der Waals surface area contributed by atoms with Gasteiger partial charge in [-0.2, -0.15) is 21.0 Å². The van der Waals surface area contributed by atoms with Crippen molar-refractivity contribution in [2.75, 3.05) is 4.90 Å². The van der Waals surface area contributed by atoms with E-state index in [1.807, 2.05) is 60.7 Å². The van der Waals surface area contributed by atoms with E-state index in [0.29, 0.717) is 22.3 Å². The van der Waals surface area contributed by atoms with Crippen LogP contribution in [0.1, 0.15) is 22.3 Å². The maximum absolute atomic E-state index is 10.7. The van der Waals surface area contributed by atoms with Crippen molar-refractivity contribution in [1.82, 2.24) is 0 Å². The first-order valence-corrected chi connectivity index (χ1v) is 18.5. The van der Waals surface area contributed by atoms with Gasteiger partial charge in [-0.1, -0.05) is 97.1 Å². The molecule has 5 heteroatoms. The van der Waals surface area contributed by atoms with Crippen LogP contribution in [0.5, 0.6) is 0 Å². The second-order valence-corrected chi connectivity index (χ2v) is 14.1. The quantitative estimate of drug-likeness (QED) is 0.165. The average Bonchev–Trinajstić information content (AvgIpc) is 3.60. The Hall–Kier alpha value is -8.48. The topological polar surface area (TPSA) is 98.4 Å². The van der Waals surface area contributed by atoms with Gasteiger partial charge >= 0.3 is 0 Å². The summed E-state index contributed by atoms with van der Waals surface area (Å²) in [7, 11) is 0. The van der Waals surface area contributed by atoms with Gasteiger partial charge in [0.1, 0.15) is 0 Å². The Morgan fingerprint density at radius 2 is 0.825 bits per heavy atom. The lowest BCUT2D eigenvalue weighted by Crippen LogP contribution is -2.10. The smallest absolute Gasteiger partial charge is 0.0998 e. The van der Waals surface area contributed by atoms with Gasteiger partial charge in [-0.05, 0) is 127 Å². The van der Waals surface area contributed by atoms with E-state index >= 15 is 0 Å². The van der Waals surface area contributed by atoms with Gasteiger partial charge in [-0.25, -0.2) is 0 Å². The third-order valence-electron chi connectivity index (χ3n) is 11.1. The van der Waals surface area contributed by atoms with E-state index in [1.165, 1.54) is 0 Å². The van der Waals surface area contributed by atoms with E-state index in [-0.39, 0.29) is 0 Å². The molecule has 260 valence electrons. The summed E-state index contributed by atoms with van der Waals surface area (Å²) in [6.45, 7) is 0. The Morgan fingerprint density at radius 1 is 0.351 bits per heavy atom. The van der Waals surface area contributed by atoms with Gasteiger partial charge in [0.05, 0.1) is 52.2 Å². The summed E-state index contributed by atoms with van der Waals surface area (Å²) in [6.07, 6.45) is 0. The fraction of sp³-hybridized carbons (Fsp3) is 0. The Morgan fingerprint density at radius 3 is 1.32 bits per heavy atom. The number of rotatable bonds is 5. The van der Waals surface area contributed by atoms with Crippen molar-refractivity contribution < 1.29 is 0 Å². The van der Waals surface area contributed by atoms with Gasteiger partial charge in [-0.3, -0.25) is 0 Å². The van der Waals surface area contributed by atoms with Gasteiger partial charge in [0.2, 0.25) is 0 Å². The highest BCUT2D eigenvalue weighted by Crippen LogP contribution is 2.60. The molecular formula is C52H27N5. The van der Waals surface area contributed by atoms with Crippen molar-refractivity contribution in [1.29, 1.82) is 21.0 Å². The van der Waals surface area contributed by atoms with Crippen LogP contribution < -0.4 is 4.90 Å². The molecule has 0 aromatic heterocycles. The zero-order valence-corrected chi connectivity index (χ0v) is 30.3. The molecule has 1 aliphatic rings. The van der Waals surface area contributed by atoms with Gasteiger partial charge in [0.15, 0.2) is 0 Å². The molecule has 0 aliphatic heterocycles. The van der Waals surface area contributed by atoms with E-state index in [1.54, 1.807) is 24.3 Å². The number of hydrogen-bond acceptors (Lipinski definition) is 5. The molecule has 5 nitrogen and oxygen atoms in total. The van der Waals surface area contributed by atoms with Crippen LogP contribution in [0.2, 0.25) is 0 Å². The SMILES string of the molecule is N#Cc1ccc(-c2c3c(c(-c4ccc(C#N)cc4C#N)c4cc5ccccc5cc24)-c2ccc(N(c4ccccc4)c4ccccc4)c4cccc-3c24)c(C#N)c1. The lowest BCUT2D eigenvalue weighted by atomic mass is 9.80. The molecular weight excluding hydrogens is 695 g/mol. The minimum Gasteiger partial charge on any atom is -0.310 e. The van der Waals surface area contributed by atoms with Gasteiger partial charge < -0.3 is 4.90 Å². The lowest BCUT2D eigenvalue weighted by Gasteiger charge is -2.27. The normalized spacial score (nSPS) is 11.1. The molecule has 0 spiro atoms. The molecule has 10 rings (SSSR count). The fourth-order valence-electron chi connectivity index (χ4n) is 8.70. The summed E-state index contributed by atoms with van der Waals surface area (Å²) in [6, 6.07) is 63.9. The average molecular weight is 722 g/mol. The fourth-order valence-corrected chi connectivity index (χ4v) is 8.70. The highest BCUT2D eigenvalue weighted by atomic mass is 15.1. The van der Waals surface area contributed by atoms with Gasteiger partial charge in [0.25, 0.3) is 0 Å². The maximum atomic E-state index is 10.7. The van der Waals surface area contributed by atoms with Crippen LogP contribution in [0.3, 0.4) is 0 Å². The standard InChI is InChI=1S/C52H27N5/c53-28-32-18-20-40(36(24-32)30-55)49-45-26-34-10-7-8-11-35(34)27-46(45)50(41-21-19-33(29-54)25-37(41)31-56)52-44-22-23-47(42-16-9-17-43(48(42)44)51(49)52)57(38-12-3-1-4-13-38)39-14-5-2-6-15-39/h1-27H. The molecule has 0 heterocycles. The van der Waals surface area contributed by atoms with Crippen LogP contribution in [0.4, 0.5) is 17.1 Å². The molecule has 0 fully saturated rings. The molecule has 9 aromatic rings. The van der Waals surface area contributed by atoms with Crippen LogP contribution in [-0.4, -0.2) is 0 Å². The van der Waals surface area contributed by atoms with Crippen molar-refractivity contribution in [3.05, 3.63) is 186 Å². The molecule has 0 N–H and O–H groups in total. The Bertz CT molecular complexity index is 3150. The molecule has 0 saturated carbocycles. The Labute approximate surface area is 329 Å². The molecule has 0 saturated heterocycles. The Kier molecular flexibility index (Phi) is 7.62. The highest BCUT2D eigenvalue weighted by molar-refractivity contribution is 6.30. The molecule has 0 radical (unpaired) electrons. The molecule has 0 atom stereocenters. The molecule has 0 amide bonds. The van der Waals surface area contributed by atoms with Crippen LogP contribution in [0.25, 0.3) is 76.8 Å². The summed E-state index contributed by atoms with van der Waals surface area (Å²) in [5.41, 5.74) is 11.8. The number of fused-ring (bicyclic) bond motifs is 5. The largest absolute Gasteiger partial charge is 0.310 e. The number of nitriles is 4. The highest BCUT2D eigenvalue weighted by Gasteiger charge is 2.33. The molecule has 0 bridgehead atoms. The molecule has 0 unspecified atom stereocenters. The van der Waals surface area contributed by atoms with Crippen molar-refractivity contribution >= 4 is 49.4 Å². The van der Waals surface area contributed by atoms with Gasteiger partial charge in [0, 0.05) is 27.9 Å². The van der Waals surface area contributed by atoms with Crippen molar-refractivity contribution in [2.24, 2.45) is 0 Å². The molecule has 9 aromatic carbocycles. The lowest BCUT2D eigenvalue weighted by molar-refractivity contribution is 1.30. The second kappa shape index (κ2) is 13.1. The monoisotopic (exact) mass is 721 g/mol. The van der Waals surface area contributed by atoms with Crippen LogP contribution in [0.15, 0.2) is 164 Å². The van der Waals surface area contributed by atoms with Crippen molar-refractivity contribution in [2.45, 2.75) is 0 Å². The third kappa shape index (κ3) is 5.06. The third-order valence-corrected chi connectivity index (χ3v) is 11.1. The summed E-state index contributed by atoms with van der Waals surface area (Å²) >= 11 is 0. The minimum atomic E-state index is 0.401. The first-order chi connectivity index (χ1) is 28.1. The number of nitrogens with zero attached hydrogens (tertiary/aromatic N) is 5. The zero-order valence-electron chi connectivity index (χ0n) is 30.3. The van der Waals surface area contributed by atoms with E-state index in [4.69, 9.17) is 0 Å². The van der Waals surface area contributed by atoms with E-state index in [2.05, 4.69) is 108 Å². The van der Waals surface area contributed by atoms with Crippen LogP contribution in [-0.2, 0) is 0 Å².